The number of nitrogens with zero attached hydrogens (tertiary/aromatic N) is 1. The van der Waals surface area contributed by atoms with Crippen molar-refractivity contribution in [2.45, 2.75) is 25.7 Å². The van der Waals surface area contributed by atoms with Crippen molar-refractivity contribution in [1.29, 1.82) is 0 Å². The SMILES string of the molecule is COc1ccccc1C(CNC(=O)c1c(C)c(-c2ccccc2)nc2ccc(Br)cc12)C(F)(F)C(C)=O. The first-order valence-electron chi connectivity index (χ1n) is 11.6. The Balaban J connectivity index is 1.79. The Kier molecular flexibility index (Phi) is 7.68. The molecule has 0 spiro atoms. The van der Waals surface area contributed by atoms with Crippen LogP contribution in [0.2, 0.25) is 0 Å². The first-order valence-corrected chi connectivity index (χ1v) is 12.4. The van der Waals surface area contributed by atoms with E-state index in [1.54, 1.807) is 37.3 Å². The summed E-state index contributed by atoms with van der Waals surface area (Å²) in [4.78, 5) is 30.4. The smallest absolute Gasteiger partial charge is 0.313 e. The molecule has 0 aliphatic rings. The molecule has 0 saturated carbocycles. The molecule has 0 bridgehead atoms. The first-order chi connectivity index (χ1) is 17.6. The number of methoxy groups -OCH3 is 1. The first kappa shape index (κ1) is 26.4. The number of pyridine rings is 1. The van der Waals surface area contributed by atoms with Gasteiger partial charge < -0.3 is 10.1 Å². The van der Waals surface area contributed by atoms with E-state index in [4.69, 9.17) is 9.72 Å². The van der Waals surface area contributed by atoms with Crippen LogP contribution in [-0.4, -0.2) is 36.3 Å². The van der Waals surface area contributed by atoms with E-state index in [9.17, 15) is 9.59 Å². The fraction of sp³-hybridized carbons (Fsp3) is 0.207. The number of carbonyl (C=O) groups excluding carboxylic acids is 2. The quantitative estimate of drug-likeness (QED) is 0.257. The number of halogens is 3. The van der Waals surface area contributed by atoms with E-state index in [-0.39, 0.29) is 11.3 Å². The van der Waals surface area contributed by atoms with Gasteiger partial charge in [0.1, 0.15) is 5.75 Å². The molecule has 0 aliphatic carbocycles. The minimum Gasteiger partial charge on any atom is -0.496 e. The number of ether oxygens (including phenoxy) is 1. The summed E-state index contributed by atoms with van der Waals surface area (Å²) in [5.74, 6) is -6.98. The molecule has 4 rings (SSSR count). The molecule has 0 fully saturated rings. The van der Waals surface area contributed by atoms with E-state index in [1.165, 1.54) is 13.2 Å². The van der Waals surface area contributed by atoms with E-state index in [2.05, 4.69) is 21.2 Å². The van der Waals surface area contributed by atoms with Gasteiger partial charge in [0.15, 0.2) is 5.78 Å². The number of ketones is 1. The molecule has 1 amide bonds. The van der Waals surface area contributed by atoms with Gasteiger partial charge in [-0.05, 0) is 36.8 Å². The Labute approximate surface area is 222 Å². The van der Waals surface area contributed by atoms with Gasteiger partial charge in [-0.2, -0.15) is 8.78 Å². The topological polar surface area (TPSA) is 68.3 Å². The summed E-state index contributed by atoms with van der Waals surface area (Å²) in [6.07, 6.45) is 0. The molecule has 1 heterocycles. The van der Waals surface area contributed by atoms with Crippen LogP contribution in [0.1, 0.15) is 34.3 Å². The van der Waals surface area contributed by atoms with Gasteiger partial charge in [-0.3, -0.25) is 9.59 Å². The van der Waals surface area contributed by atoms with Crippen molar-refractivity contribution in [3.05, 3.63) is 94.0 Å². The lowest BCUT2D eigenvalue weighted by atomic mass is 9.89. The van der Waals surface area contributed by atoms with Crippen molar-refractivity contribution < 1.29 is 23.1 Å². The lowest BCUT2D eigenvalue weighted by Gasteiger charge is -2.27. The molecule has 190 valence electrons. The van der Waals surface area contributed by atoms with Crippen LogP contribution >= 0.6 is 15.9 Å². The summed E-state index contributed by atoms with van der Waals surface area (Å²) in [6, 6.07) is 21.1. The van der Waals surface area contributed by atoms with E-state index >= 15 is 8.78 Å². The van der Waals surface area contributed by atoms with Crippen molar-refractivity contribution in [1.82, 2.24) is 10.3 Å². The lowest BCUT2D eigenvalue weighted by Crippen LogP contribution is -2.41. The van der Waals surface area contributed by atoms with Gasteiger partial charge in [0.2, 0.25) is 0 Å². The predicted molar refractivity (Wildman–Crippen MR) is 143 cm³/mol. The summed E-state index contributed by atoms with van der Waals surface area (Å²) in [5, 5.41) is 3.25. The number of amides is 1. The highest BCUT2D eigenvalue weighted by Crippen LogP contribution is 2.39. The molecule has 1 unspecified atom stereocenters. The maximum Gasteiger partial charge on any atom is 0.313 e. The Morgan fingerprint density at radius 1 is 1.05 bits per heavy atom. The molecular weight excluding hydrogens is 542 g/mol. The van der Waals surface area contributed by atoms with Crippen molar-refractivity contribution in [2.24, 2.45) is 0 Å². The number of hydrogen-bond donors (Lipinski definition) is 1. The molecule has 0 aliphatic heterocycles. The third-order valence-electron chi connectivity index (χ3n) is 6.35. The zero-order chi connectivity index (χ0) is 26.7. The number of rotatable bonds is 8. The fourth-order valence-corrected chi connectivity index (χ4v) is 4.78. The largest absolute Gasteiger partial charge is 0.496 e. The van der Waals surface area contributed by atoms with E-state index in [0.717, 1.165) is 17.0 Å². The summed E-state index contributed by atoms with van der Waals surface area (Å²) in [6.45, 7) is 2.14. The van der Waals surface area contributed by atoms with Gasteiger partial charge in [-0.15, -0.1) is 0 Å². The maximum absolute atomic E-state index is 15.2. The average molecular weight is 567 g/mol. The number of nitrogens with one attached hydrogen (secondary N) is 1. The third-order valence-corrected chi connectivity index (χ3v) is 6.85. The number of benzene rings is 3. The van der Waals surface area contributed by atoms with E-state index < -0.39 is 30.1 Å². The summed E-state index contributed by atoms with van der Waals surface area (Å²) < 4.78 is 36.4. The molecule has 1 N–H and O–H groups in total. The molecular formula is C29H25BrF2N2O3. The second kappa shape index (κ2) is 10.8. The summed E-state index contributed by atoms with van der Waals surface area (Å²) >= 11 is 3.44. The van der Waals surface area contributed by atoms with Crippen LogP contribution < -0.4 is 10.1 Å². The van der Waals surface area contributed by atoms with Crippen LogP contribution in [0.5, 0.6) is 5.75 Å². The monoisotopic (exact) mass is 566 g/mol. The number of para-hydroxylation sites is 1. The molecule has 0 radical (unpaired) electrons. The zero-order valence-corrected chi connectivity index (χ0v) is 22.1. The second-order valence-corrected chi connectivity index (χ2v) is 9.59. The number of aromatic nitrogens is 1. The van der Waals surface area contributed by atoms with Gasteiger partial charge in [0, 0.05) is 34.5 Å². The van der Waals surface area contributed by atoms with Crippen LogP contribution in [0.3, 0.4) is 0 Å². The van der Waals surface area contributed by atoms with E-state index in [1.807, 2.05) is 36.4 Å². The van der Waals surface area contributed by atoms with Crippen molar-refractivity contribution in [3.8, 4) is 17.0 Å². The van der Waals surface area contributed by atoms with Crippen LogP contribution in [0, 0.1) is 6.92 Å². The molecule has 1 atom stereocenters. The Morgan fingerprint density at radius 2 is 1.73 bits per heavy atom. The number of hydrogen-bond acceptors (Lipinski definition) is 4. The van der Waals surface area contributed by atoms with Crippen LogP contribution in [0.25, 0.3) is 22.2 Å². The number of fused-ring (bicyclic) bond motifs is 1. The molecule has 1 aromatic heterocycles. The van der Waals surface area contributed by atoms with Crippen molar-refractivity contribution in [2.75, 3.05) is 13.7 Å². The van der Waals surface area contributed by atoms with Gasteiger partial charge in [-0.1, -0.05) is 64.5 Å². The number of alkyl halides is 2. The Hall–Kier alpha value is -3.65. The minimum absolute atomic E-state index is 0.134. The molecule has 5 nitrogen and oxygen atoms in total. The highest BCUT2D eigenvalue weighted by Gasteiger charge is 2.46. The summed E-state index contributed by atoms with van der Waals surface area (Å²) in [7, 11) is 1.37. The predicted octanol–water partition coefficient (Wildman–Crippen LogP) is 6.72. The molecule has 8 heteroatoms. The molecule has 4 aromatic rings. The van der Waals surface area contributed by atoms with Gasteiger partial charge in [-0.25, -0.2) is 4.98 Å². The van der Waals surface area contributed by atoms with Gasteiger partial charge in [0.05, 0.1) is 29.8 Å². The Morgan fingerprint density at radius 3 is 2.41 bits per heavy atom. The highest BCUT2D eigenvalue weighted by molar-refractivity contribution is 9.10. The Bertz CT molecular complexity index is 1480. The van der Waals surface area contributed by atoms with Crippen LogP contribution in [0.4, 0.5) is 8.78 Å². The lowest BCUT2D eigenvalue weighted by molar-refractivity contribution is -0.143. The van der Waals surface area contributed by atoms with Gasteiger partial charge in [0.25, 0.3) is 5.91 Å². The number of carbonyl (C=O) groups is 2. The number of Topliss-reactive ketones (excluding diaryl/α,β-unsaturated/α-hetero) is 1. The standard InChI is InChI=1S/C29H25BrF2N2O3/c1-17-26(22-15-20(30)13-14-24(22)34-27(17)19-9-5-4-6-10-19)28(36)33-16-23(29(31,32)18(2)35)21-11-7-8-12-25(21)37-3/h4-15,23H,16H2,1-3H3,(H,33,36). The zero-order valence-electron chi connectivity index (χ0n) is 20.5. The highest BCUT2D eigenvalue weighted by atomic mass is 79.9. The molecule has 37 heavy (non-hydrogen) atoms. The fourth-order valence-electron chi connectivity index (χ4n) is 4.42. The van der Waals surface area contributed by atoms with Crippen molar-refractivity contribution in [3.63, 3.8) is 0 Å². The van der Waals surface area contributed by atoms with Crippen LogP contribution in [0.15, 0.2) is 77.3 Å². The van der Waals surface area contributed by atoms with Crippen LogP contribution in [-0.2, 0) is 4.79 Å². The molecule has 0 saturated heterocycles. The third kappa shape index (κ3) is 5.25. The normalized spacial score (nSPS) is 12.3. The average Bonchev–Trinajstić information content (AvgIpc) is 2.89. The van der Waals surface area contributed by atoms with E-state index in [0.29, 0.717) is 27.7 Å². The van der Waals surface area contributed by atoms with Crippen molar-refractivity contribution >= 4 is 38.5 Å². The second-order valence-electron chi connectivity index (χ2n) is 8.67. The molecule has 3 aromatic carbocycles. The summed E-state index contributed by atoms with van der Waals surface area (Å²) in [5.41, 5.74) is 3.11. The minimum atomic E-state index is -3.73. The maximum atomic E-state index is 15.2. The van der Waals surface area contributed by atoms with Gasteiger partial charge >= 0.3 is 5.92 Å².